The first-order chi connectivity index (χ1) is 34.6. The van der Waals surface area contributed by atoms with Crippen LogP contribution in [0.4, 0.5) is 0 Å². The van der Waals surface area contributed by atoms with Crippen molar-refractivity contribution in [2.75, 3.05) is 54.1 Å². The summed E-state index contributed by atoms with van der Waals surface area (Å²) in [4.78, 5) is 25.3. The van der Waals surface area contributed by atoms with Crippen molar-refractivity contribution in [3.05, 3.63) is 60.8 Å². The van der Waals surface area contributed by atoms with Gasteiger partial charge in [0.25, 0.3) is 7.82 Å². The third-order valence-electron chi connectivity index (χ3n) is 13.1. The number of phosphoric acid groups is 1. The molecule has 0 aliphatic carbocycles. The second kappa shape index (κ2) is 54.5. The van der Waals surface area contributed by atoms with Crippen LogP contribution in [-0.4, -0.2) is 70.7 Å². The predicted octanol–water partition coefficient (Wildman–Crippen LogP) is 18.5. The molecule has 2 atom stereocenters. The highest BCUT2D eigenvalue weighted by molar-refractivity contribution is 7.45. The lowest BCUT2D eigenvalue weighted by Gasteiger charge is -2.28. The molecule has 0 aromatic rings. The van der Waals surface area contributed by atoms with Gasteiger partial charge in [0.1, 0.15) is 19.3 Å². The van der Waals surface area contributed by atoms with Gasteiger partial charge in [-0.05, 0) is 77.0 Å². The van der Waals surface area contributed by atoms with Gasteiger partial charge in [-0.2, -0.15) is 0 Å². The Balaban J connectivity index is 4.04. The minimum absolute atomic E-state index is 0.0243. The fourth-order valence-corrected chi connectivity index (χ4v) is 9.21. The van der Waals surface area contributed by atoms with E-state index in [1.165, 1.54) is 193 Å². The molecule has 9 heteroatoms. The minimum atomic E-state index is -4.54. The number of quaternary nitrogens is 1. The van der Waals surface area contributed by atoms with Crippen molar-refractivity contribution in [2.45, 2.75) is 277 Å². The number of ether oxygens (including phenoxy) is 2. The fourth-order valence-electron chi connectivity index (χ4n) is 8.48. The Morgan fingerprint density at radius 3 is 1.24 bits per heavy atom. The summed E-state index contributed by atoms with van der Waals surface area (Å²) in [6.07, 6.45) is 71.3. The largest absolute Gasteiger partial charge is 0.756 e. The second-order valence-electron chi connectivity index (χ2n) is 21.3. The Morgan fingerprint density at radius 1 is 0.451 bits per heavy atom. The maximum absolute atomic E-state index is 12.8. The molecule has 0 aromatic heterocycles. The fraction of sp³-hybridized carbons (Fsp3) is 0.823. The number of hydrogen-bond donors (Lipinski definition) is 0. The normalized spacial score (nSPS) is 13.8. The van der Waals surface area contributed by atoms with Crippen molar-refractivity contribution in [1.29, 1.82) is 0 Å². The quantitative estimate of drug-likeness (QED) is 0.0197. The van der Waals surface area contributed by atoms with E-state index in [-0.39, 0.29) is 25.8 Å². The molecule has 0 aliphatic rings. The van der Waals surface area contributed by atoms with Crippen molar-refractivity contribution in [1.82, 2.24) is 0 Å². The molecule has 71 heavy (non-hydrogen) atoms. The monoisotopic (exact) mass is 1020 g/mol. The first-order valence-corrected chi connectivity index (χ1v) is 31.5. The van der Waals surface area contributed by atoms with E-state index in [1.807, 2.05) is 21.1 Å². The zero-order valence-corrected chi connectivity index (χ0v) is 48.3. The van der Waals surface area contributed by atoms with Crippen molar-refractivity contribution < 1.29 is 37.3 Å². The van der Waals surface area contributed by atoms with Gasteiger partial charge >= 0.3 is 5.97 Å². The highest BCUT2D eigenvalue weighted by Gasteiger charge is 2.20. The van der Waals surface area contributed by atoms with Gasteiger partial charge in [0.2, 0.25) is 0 Å². The summed E-state index contributed by atoms with van der Waals surface area (Å²) >= 11 is 0. The Morgan fingerprint density at radius 2 is 0.817 bits per heavy atom. The van der Waals surface area contributed by atoms with Crippen LogP contribution in [0.3, 0.4) is 0 Å². The van der Waals surface area contributed by atoms with Crippen LogP contribution < -0.4 is 4.89 Å². The van der Waals surface area contributed by atoms with Crippen LogP contribution in [0.25, 0.3) is 0 Å². The molecular weight excluding hydrogens is 902 g/mol. The molecule has 0 aliphatic heterocycles. The maximum atomic E-state index is 12.8. The minimum Gasteiger partial charge on any atom is -0.756 e. The lowest BCUT2D eigenvalue weighted by molar-refractivity contribution is -0.870. The molecule has 0 aromatic carbocycles. The van der Waals surface area contributed by atoms with Gasteiger partial charge in [0.15, 0.2) is 0 Å². The molecule has 0 amide bonds. The summed E-state index contributed by atoms with van der Waals surface area (Å²) in [6, 6.07) is 0. The number of likely N-dealkylation sites (N-methyl/N-ethyl adjacent to an activating group) is 1. The van der Waals surface area contributed by atoms with E-state index in [9.17, 15) is 14.3 Å². The zero-order valence-electron chi connectivity index (χ0n) is 47.4. The Bertz CT molecular complexity index is 1320. The molecule has 0 N–H and O–H groups in total. The number of allylic oxidation sites excluding steroid dienone is 10. The number of nitrogens with zero attached hydrogens (tertiary/aromatic N) is 1. The first kappa shape index (κ1) is 69.2. The molecule has 0 fully saturated rings. The number of esters is 1. The van der Waals surface area contributed by atoms with Gasteiger partial charge in [0.05, 0.1) is 34.4 Å². The van der Waals surface area contributed by atoms with Crippen LogP contribution in [0.1, 0.15) is 271 Å². The van der Waals surface area contributed by atoms with E-state index >= 15 is 0 Å². The first-order valence-electron chi connectivity index (χ1n) is 30.0. The van der Waals surface area contributed by atoms with Crippen molar-refractivity contribution in [2.24, 2.45) is 0 Å². The van der Waals surface area contributed by atoms with Crippen molar-refractivity contribution in [3.63, 3.8) is 0 Å². The summed E-state index contributed by atoms with van der Waals surface area (Å²) in [5.41, 5.74) is 0. The summed E-state index contributed by atoms with van der Waals surface area (Å²) in [7, 11) is 1.36. The van der Waals surface area contributed by atoms with Crippen LogP contribution in [0.15, 0.2) is 60.8 Å². The molecule has 0 radical (unpaired) electrons. The maximum Gasteiger partial charge on any atom is 0.306 e. The van der Waals surface area contributed by atoms with Crippen LogP contribution >= 0.6 is 7.82 Å². The third-order valence-corrected chi connectivity index (χ3v) is 14.0. The van der Waals surface area contributed by atoms with E-state index in [2.05, 4.69) is 74.6 Å². The number of rotatable bonds is 56. The molecule has 0 rings (SSSR count). The Kier molecular flexibility index (Phi) is 53.1. The number of carbonyl (C=O) groups excluding carboxylic acids is 1. The standard InChI is InChI=1S/C62H116NO7P/c1-6-8-10-12-14-16-18-20-22-24-26-28-30-31-32-34-36-38-40-42-44-46-48-50-52-54-57-67-59-61(60-69-71(65,66)68-58-56-63(3,4)5)70-62(64)55-53-51-49-47-45-43-41-39-37-35-33-29-27-25-23-21-19-17-15-13-11-9-7-2/h9,11,15,17,21,23-24,26-27,29,61H,6-8,10,12-14,16,18-20,22,25,28,30-60H2,1-5H3/b11-9-,17-15-,23-21-,26-24-,29-27-. The summed E-state index contributed by atoms with van der Waals surface area (Å²) < 4.78 is 34.9. The molecule has 8 nitrogen and oxygen atoms in total. The van der Waals surface area contributed by atoms with Gasteiger partial charge < -0.3 is 27.9 Å². The van der Waals surface area contributed by atoms with Gasteiger partial charge in [-0.25, -0.2) is 0 Å². The molecule has 0 heterocycles. The third kappa shape index (κ3) is 59.0. The van der Waals surface area contributed by atoms with Gasteiger partial charge in [0, 0.05) is 13.0 Å². The molecular formula is C62H116NO7P. The average Bonchev–Trinajstić information content (AvgIpc) is 3.33. The Labute approximate surface area is 440 Å². The van der Waals surface area contributed by atoms with E-state index in [0.29, 0.717) is 24.1 Å². The van der Waals surface area contributed by atoms with Crippen molar-refractivity contribution >= 4 is 13.8 Å². The lowest BCUT2D eigenvalue weighted by atomic mass is 10.0. The van der Waals surface area contributed by atoms with Gasteiger partial charge in [-0.3, -0.25) is 9.36 Å². The zero-order chi connectivity index (χ0) is 51.9. The van der Waals surface area contributed by atoms with Crippen molar-refractivity contribution in [3.8, 4) is 0 Å². The summed E-state index contributed by atoms with van der Waals surface area (Å²) in [5.74, 6) is -0.336. The molecule has 2 unspecified atom stereocenters. The van der Waals surface area contributed by atoms with E-state index in [4.69, 9.17) is 18.5 Å². The number of carbonyl (C=O) groups is 1. The van der Waals surface area contributed by atoms with E-state index in [1.54, 1.807) is 0 Å². The van der Waals surface area contributed by atoms with Gasteiger partial charge in [-0.15, -0.1) is 0 Å². The molecule has 0 bridgehead atoms. The molecule has 416 valence electrons. The average molecular weight is 1020 g/mol. The van der Waals surface area contributed by atoms with Gasteiger partial charge in [-0.1, -0.05) is 248 Å². The van der Waals surface area contributed by atoms with Crippen LogP contribution in [0.5, 0.6) is 0 Å². The Hall–Kier alpha value is -1.80. The smallest absolute Gasteiger partial charge is 0.306 e. The molecule has 0 spiro atoms. The number of hydrogen-bond acceptors (Lipinski definition) is 7. The van der Waals surface area contributed by atoms with Crippen LogP contribution in [-0.2, 0) is 27.9 Å². The van der Waals surface area contributed by atoms with E-state index < -0.39 is 13.9 Å². The second-order valence-corrected chi connectivity index (χ2v) is 22.7. The summed E-state index contributed by atoms with van der Waals surface area (Å²) in [6.45, 7) is 5.34. The predicted molar refractivity (Wildman–Crippen MR) is 305 cm³/mol. The lowest BCUT2D eigenvalue weighted by Crippen LogP contribution is -2.37. The number of unbranched alkanes of at least 4 members (excludes halogenated alkanes) is 32. The van der Waals surface area contributed by atoms with Crippen LogP contribution in [0.2, 0.25) is 0 Å². The highest BCUT2D eigenvalue weighted by Crippen LogP contribution is 2.38. The summed E-state index contributed by atoms with van der Waals surface area (Å²) in [5, 5.41) is 0. The van der Waals surface area contributed by atoms with E-state index in [0.717, 1.165) is 57.8 Å². The van der Waals surface area contributed by atoms with Crippen LogP contribution in [0, 0.1) is 0 Å². The SMILES string of the molecule is CC/C=C\C/C=C\C/C=C\C/C=C\CCCCCCCCCCCCC(=O)OC(COCCCCCCCCCCCCCCCC/C=C\CCCCCCCCCC)COP(=O)([O-])OCC[N+](C)(C)C. The molecule has 0 saturated carbocycles. The molecule has 0 saturated heterocycles. The number of phosphoric ester groups is 1. The highest BCUT2D eigenvalue weighted by atomic mass is 31.2. The topological polar surface area (TPSA) is 94.1 Å².